The van der Waals surface area contributed by atoms with Crippen LogP contribution in [0.15, 0.2) is 18.2 Å². The minimum atomic E-state index is -0.156. The van der Waals surface area contributed by atoms with Gasteiger partial charge in [-0.25, -0.2) is 0 Å². The fourth-order valence-electron chi connectivity index (χ4n) is 2.06. The average Bonchev–Trinajstić information content (AvgIpc) is 2.58. The van der Waals surface area contributed by atoms with Crippen LogP contribution in [0.1, 0.15) is 27.3 Å². The largest absolute Gasteiger partial charge is 0.399 e. The predicted octanol–water partition coefficient (Wildman–Crippen LogP) is 2.18. The average molecular weight is 258 g/mol. The van der Waals surface area contributed by atoms with E-state index in [1.165, 1.54) is 0 Å². The van der Waals surface area contributed by atoms with Gasteiger partial charge in [0.15, 0.2) is 0 Å². The molecule has 0 radical (unpaired) electrons. The molecule has 1 aromatic carbocycles. The molecule has 0 aliphatic heterocycles. The Balaban J connectivity index is 2.33. The van der Waals surface area contributed by atoms with E-state index in [1.54, 1.807) is 10.7 Å². The van der Waals surface area contributed by atoms with Gasteiger partial charge in [-0.3, -0.25) is 9.48 Å². The van der Waals surface area contributed by atoms with Gasteiger partial charge < -0.3 is 11.1 Å². The third-order valence-corrected chi connectivity index (χ3v) is 3.25. The number of carbonyl (C=O) groups is 1. The number of hydrogen-bond donors (Lipinski definition) is 2. The first-order chi connectivity index (χ1) is 8.90. The Bertz CT molecular complexity index is 643. The van der Waals surface area contributed by atoms with E-state index >= 15 is 0 Å². The molecule has 100 valence electrons. The molecule has 2 aromatic rings. The number of amides is 1. The van der Waals surface area contributed by atoms with Gasteiger partial charge in [0.1, 0.15) is 0 Å². The van der Waals surface area contributed by atoms with Crippen molar-refractivity contribution >= 4 is 17.3 Å². The predicted molar refractivity (Wildman–Crippen MR) is 76.2 cm³/mol. The molecule has 0 aliphatic rings. The summed E-state index contributed by atoms with van der Waals surface area (Å²) < 4.78 is 1.70. The molecule has 19 heavy (non-hydrogen) atoms. The summed E-state index contributed by atoms with van der Waals surface area (Å²) in [5, 5.41) is 7.13. The molecule has 5 nitrogen and oxygen atoms in total. The number of aryl methyl sites for hydroxylation is 3. The minimum absolute atomic E-state index is 0.156. The maximum atomic E-state index is 12.3. The van der Waals surface area contributed by atoms with E-state index in [2.05, 4.69) is 10.4 Å². The molecule has 5 heteroatoms. The Morgan fingerprint density at radius 3 is 2.58 bits per heavy atom. The van der Waals surface area contributed by atoms with Gasteiger partial charge in [-0.2, -0.15) is 5.10 Å². The van der Waals surface area contributed by atoms with Crippen LogP contribution in [0.5, 0.6) is 0 Å². The first kappa shape index (κ1) is 13.1. The van der Waals surface area contributed by atoms with Crippen molar-refractivity contribution < 1.29 is 4.79 Å². The molecule has 0 saturated heterocycles. The van der Waals surface area contributed by atoms with Crippen LogP contribution < -0.4 is 11.1 Å². The van der Waals surface area contributed by atoms with E-state index in [0.717, 1.165) is 22.6 Å². The molecule has 0 spiro atoms. The Morgan fingerprint density at radius 1 is 1.32 bits per heavy atom. The molecule has 0 fully saturated rings. The van der Waals surface area contributed by atoms with Crippen molar-refractivity contribution in [2.24, 2.45) is 7.05 Å². The van der Waals surface area contributed by atoms with Gasteiger partial charge in [-0.1, -0.05) is 6.07 Å². The van der Waals surface area contributed by atoms with Crippen molar-refractivity contribution in [3.05, 3.63) is 40.7 Å². The summed E-state index contributed by atoms with van der Waals surface area (Å²) in [6.45, 7) is 5.63. The van der Waals surface area contributed by atoms with E-state index in [4.69, 9.17) is 5.73 Å². The highest BCUT2D eigenvalue weighted by atomic mass is 16.1. The van der Waals surface area contributed by atoms with Crippen LogP contribution in [0.4, 0.5) is 11.4 Å². The summed E-state index contributed by atoms with van der Waals surface area (Å²) >= 11 is 0. The smallest absolute Gasteiger partial charge is 0.259 e. The second-order valence-corrected chi connectivity index (χ2v) is 4.70. The van der Waals surface area contributed by atoms with Gasteiger partial charge >= 0.3 is 0 Å². The monoisotopic (exact) mass is 258 g/mol. The van der Waals surface area contributed by atoms with Crippen LogP contribution in [0.3, 0.4) is 0 Å². The third-order valence-electron chi connectivity index (χ3n) is 3.25. The first-order valence-corrected chi connectivity index (χ1v) is 6.08. The quantitative estimate of drug-likeness (QED) is 0.811. The lowest BCUT2D eigenvalue weighted by atomic mass is 10.1. The fraction of sp³-hybridized carbons (Fsp3) is 0.286. The number of carbonyl (C=O) groups excluding carboxylic acids is 1. The van der Waals surface area contributed by atoms with Crippen LogP contribution in [-0.2, 0) is 7.05 Å². The molecule has 0 bridgehead atoms. The number of rotatable bonds is 2. The second kappa shape index (κ2) is 4.76. The number of benzene rings is 1. The zero-order valence-corrected chi connectivity index (χ0v) is 11.6. The van der Waals surface area contributed by atoms with Gasteiger partial charge in [0.05, 0.1) is 11.3 Å². The molecule has 0 aliphatic carbocycles. The number of nitrogens with two attached hydrogens (primary N) is 1. The summed E-state index contributed by atoms with van der Waals surface area (Å²) in [6.07, 6.45) is 0. The zero-order valence-electron chi connectivity index (χ0n) is 11.6. The summed E-state index contributed by atoms with van der Waals surface area (Å²) in [6, 6.07) is 5.45. The molecular weight excluding hydrogens is 240 g/mol. The second-order valence-electron chi connectivity index (χ2n) is 4.70. The van der Waals surface area contributed by atoms with E-state index in [1.807, 2.05) is 40.0 Å². The van der Waals surface area contributed by atoms with Crippen molar-refractivity contribution in [3.8, 4) is 0 Å². The summed E-state index contributed by atoms with van der Waals surface area (Å²) in [4.78, 5) is 12.3. The van der Waals surface area contributed by atoms with E-state index < -0.39 is 0 Å². The van der Waals surface area contributed by atoms with Crippen LogP contribution in [0, 0.1) is 20.8 Å². The third kappa shape index (κ3) is 2.45. The molecule has 2 rings (SSSR count). The van der Waals surface area contributed by atoms with Crippen LogP contribution in [0.2, 0.25) is 0 Å². The SMILES string of the molecule is Cc1ccc(N)cc1NC(=O)c1c(C)nn(C)c1C. The van der Waals surface area contributed by atoms with Crippen molar-refractivity contribution in [1.82, 2.24) is 9.78 Å². The van der Waals surface area contributed by atoms with Gasteiger partial charge in [0.25, 0.3) is 5.91 Å². The molecule has 0 unspecified atom stereocenters. The summed E-state index contributed by atoms with van der Waals surface area (Å²) in [5.41, 5.74) is 10.2. The molecule has 0 atom stereocenters. The van der Waals surface area contributed by atoms with Gasteiger partial charge in [-0.05, 0) is 38.5 Å². The topological polar surface area (TPSA) is 72.9 Å². The Labute approximate surface area is 112 Å². The number of anilines is 2. The lowest BCUT2D eigenvalue weighted by Crippen LogP contribution is -2.15. The van der Waals surface area contributed by atoms with E-state index in [9.17, 15) is 4.79 Å². The fourth-order valence-corrected chi connectivity index (χ4v) is 2.06. The summed E-state index contributed by atoms with van der Waals surface area (Å²) in [7, 11) is 1.82. The number of nitrogens with zero attached hydrogens (tertiary/aromatic N) is 2. The van der Waals surface area contributed by atoms with E-state index in [-0.39, 0.29) is 5.91 Å². The lowest BCUT2D eigenvalue weighted by Gasteiger charge is -2.09. The van der Waals surface area contributed by atoms with Crippen LogP contribution >= 0.6 is 0 Å². The number of nitrogen functional groups attached to an aromatic ring is 1. The van der Waals surface area contributed by atoms with Crippen molar-refractivity contribution in [2.75, 3.05) is 11.1 Å². The summed E-state index contributed by atoms with van der Waals surface area (Å²) in [5.74, 6) is -0.156. The highest BCUT2D eigenvalue weighted by Crippen LogP contribution is 2.20. The van der Waals surface area contributed by atoms with Gasteiger partial charge in [0.2, 0.25) is 0 Å². The van der Waals surface area contributed by atoms with Crippen molar-refractivity contribution in [3.63, 3.8) is 0 Å². The molecule has 1 heterocycles. The molecular formula is C14H18N4O. The molecule has 1 amide bonds. The maximum absolute atomic E-state index is 12.3. The van der Waals surface area contributed by atoms with Crippen LogP contribution in [0.25, 0.3) is 0 Å². The molecule has 3 N–H and O–H groups in total. The first-order valence-electron chi connectivity index (χ1n) is 6.08. The van der Waals surface area contributed by atoms with Crippen molar-refractivity contribution in [1.29, 1.82) is 0 Å². The maximum Gasteiger partial charge on any atom is 0.259 e. The molecule has 0 saturated carbocycles. The van der Waals surface area contributed by atoms with E-state index in [0.29, 0.717) is 11.3 Å². The van der Waals surface area contributed by atoms with Gasteiger partial charge in [0, 0.05) is 24.1 Å². The Kier molecular flexibility index (Phi) is 3.29. The Hall–Kier alpha value is -2.30. The normalized spacial score (nSPS) is 10.5. The number of aromatic nitrogens is 2. The highest BCUT2D eigenvalue weighted by molar-refractivity contribution is 6.06. The standard InChI is InChI=1S/C14H18N4O/c1-8-5-6-11(15)7-12(8)16-14(19)13-9(2)17-18(4)10(13)3/h5-7H,15H2,1-4H3,(H,16,19). The van der Waals surface area contributed by atoms with Gasteiger partial charge in [-0.15, -0.1) is 0 Å². The lowest BCUT2D eigenvalue weighted by molar-refractivity contribution is 0.102. The van der Waals surface area contributed by atoms with Crippen LogP contribution in [-0.4, -0.2) is 15.7 Å². The molecule has 1 aromatic heterocycles. The number of hydrogen-bond acceptors (Lipinski definition) is 3. The van der Waals surface area contributed by atoms with Crippen molar-refractivity contribution in [2.45, 2.75) is 20.8 Å². The zero-order chi connectivity index (χ0) is 14.2. The highest BCUT2D eigenvalue weighted by Gasteiger charge is 2.17. The Morgan fingerprint density at radius 2 is 2.00 bits per heavy atom. The number of nitrogens with one attached hydrogen (secondary N) is 1. The minimum Gasteiger partial charge on any atom is -0.399 e.